The number of para-hydroxylation sites is 1. The van der Waals surface area contributed by atoms with Crippen LogP contribution in [0.2, 0.25) is 0 Å². The average molecular weight is 560 g/mol. The van der Waals surface area contributed by atoms with Crippen molar-refractivity contribution in [3.63, 3.8) is 0 Å². The first-order chi connectivity index (χ1) is 15.1. The minimum atomic E-state index is -0.148. The first-order valence-electron chi connectivity index (χ1n) is 11.2. The van der Waals surface area contributed by atoms with Crippen molar-refractivity contribution < 1.29 is 19.0 Å². The number of methoxy groups -OCH3 is 1. The molecule has 1 aromatic rings. The van der Waals surface area contributed by atoms with Crippen molar-refractivity contribution in [2.45, 2.75) is 20.4 Å². The molecule has 2 atom stereocenters. The number of nitrogens with zero attached hydrogens (tertiary/aromatic N) is 3. The summed E-state index contributed by atoms with van der Waals surface area (Å²) in [6.45, 7) is 11.9. The minimum Gasteiger partial charge on any atom is -0.492 e. The van der Waals surface area contributed by atoms with Crippen molar-refractivity contribution in [3.8, 4) is 5.75 Å². The zero-order valence-corrected chi connectivity index (χ0v) is 21.7. The lowest BCUT2D eigenvalue weighted by atomic mass is 9.99. The Morgan fingerprint density at radius 2 is 2.00 bits per heavy atom. The molecule has 2 aliphatic rings. The number of morpholine rings is 1. The molecular formula is C23H37IN4O4. The number of rotatable bonds is 8. The van der Waals surface area contributed by atoms with E-state index < -0.39 is 0 Å². The van der Waals surface area contributed by atoms with Gasteiger partial charge in [-0.1, -0.05) is 25.1 Å². The summed E-state index contributed by atoms with van der Waals surface area (Å²) in [6, 6.07) is 8.06. The lowest BCUT2D eigenvalue weighted by Crippen LogP contribution is -2.40. The highest BCUT2D eigenvalue weighted by molar-refractivity contribution is 14.0. The monoisotopic (exact) mass is 560 g/mol. The number of hydrogen-bond donors (Lipinski definition) is 1. The second kappa shape index (κ2) is 13.8. The molecule has 2 aliphatic heterocycles. The van der Waals surface area contributed by atoms with Crippen LogP contribution in [0.5, 0.6) is 5.75 Å². The molecule has 32 heavy (non-hydrogen) atoms. The maximum atomic E-state index is 12.1. The van der Waals surface area contributed by atoms with Gasteiger partial charge >= 0.3 is 5.97 Å². The van der Waals surface area contributed by atoms with Crippen molar-refractivity contribution in [2.75, 3.05) is 66.2 Å². The standard InChI is InChI=1S/C23H36N4O4.HI/c1-4-24-23(27-16-18(2)20(17-27)22(28)29-3)25-15-19-7-5-6-8-21(19)31-14-11-26-9-12-30-13-10-26;/h5-8,18,20H,4,9-17H2,1-3H3,(H,24,25);1H. The van der Waals surface area contributed by atoms with Gasteiger partial charge in [0.25, 0.3) is 0 Å². The van der Waals surface area contributed by atoms with E-state index in [0.29, 0.717) is 19.7 Å². The van der Waals surface area contributed by atoms with Gasteiger partial charge in [-0.25, -0.2) is 4.99 Å². The molecule has 3 rings (SSSR count). The molecular weight excluding hydrogens is 523 g/mol. The van der Waals surface area contributed by atoms with Gasteiger partial charge in [0.15, 0.2) is 5.96 Å². The van der Waals surface area contributed by atoms with Gasteiger partial charge in [-0.05, 0) is 18.9 Å². The van der Waals surface area contributed by atoms with Crippen LogP contribution in [0, 0.1) is 11.8 Å². The lowest BCUT2D eigenvalue weighted by molar-refractivity contribution is -0.145. The average Bonchev–Trinajstić information content (AvgIpc) is 3.19. The number of benzene rings is 1. The molecule has 2 saturated heterocycles. The Morgan fingerprint density at radius 1 is 1.25 bits per heavy atom. The van der Waals surface area contributed by atoms with Gasteiger partial charge in [-0.2, -0.15) is 0 Å². The van der Waals surface area contributed by atoms with Crippen LogP contribution in [-0.2, 0) is 20.8 Å². The largest absolute Gasteiger partial charge is 0.492 e. The summed E-state index contributed by atoms with van der Waals surface area (Å²) in [5.41, 5.74) is 1.05. The van der Waals surface area contributed by atoms with E-state index in [0.717, 1.165) is 63.2 Å². The van der Waals surface area contributed by atoms with Crippen LogP contribution in [-0.4, -0.2) is 87.9 Å². The summed E-state index contributed by atoms with van der Waals surface area (Å²) in [4.78, 5) is 21.4. The Labute approximate surface area is 208 Å². The minimum absolute atomic E-state index is 0. The van der Waals surface area contributed by atoms with Gasteiger partial charge in [-0.15, -0.1) is 24.0 Å². The van der Waals surface area contributed by atoms with E-state index in [1.807, 2.05) is 18.2 Å². The van der Waals surface area contributed by atoms with Crippen molar-refractivity contribution >= 4 is 35.9 Å². The molecule has 1 N–H and O–H groups in total. The number of aliphatic imine (C=N–C) groups is 1. The van der Waals surface area contributed by atoms with Gasteiger partial charge < -0.3 is 24.4 Å². The number of ether oxygens (including phenoxy) is 3. The summed E-state index contributed by atoms with van der Waals surface area (Å²) in [7, 11) is 1.45. The first kappa shape index (κ1) is 26.7. The fraction of sp³-hybridized carbons (Fsp3) is 0.652. The van der Waals surface area contributed by atoms with Crippen molar-refractivity contribution in [3.05, 3.63) is 29.8 Å². The van der Waals surface area contributed by atoms with Crippen LogP contribution in [0.3, 0.4) is 0 Å². The predicted octanol–water partition coefficient (Wildman–Crippen LogP) is 2.22. The van der Waals surface area contributed by atoms with Gasteiger partial charge in [0.05, 0.1) is 32.8 Å². The van der Waals surface area contributed by atoms with Crippen molar-refractivity contribution in [1.29, 1.82) is 0 Å². The fourth-order valence-corrected chi connectivity index (χ4v) is 4.07. The smallest absolute Gasteiger partial charge is 0.310 e. The molecule has 0 radical (unpaired) electrons. The number of likely N-dealkylation sites (tertiary alicyclic amines) is 1. The van der Waals surface area contributed by atoms with Crippen LogP contribution in [0.4, 0.5) is 0 Å². The fourth-order valence-electron chi connectivity index (χ4n) is 4.07. The molecule has 0 bridgehead atoms. The maximum Gasteiger partial charge on any atom is 0.310 e. The molecule has 0 amide bonds. The highest BCUT2D eigenvalue weighted by Gasteiger charge is 2.36. The van der Waals surface area contributed by atoms with E-state index >= 15 is 0 Å². The number of carbonyl (C=O) groups is 1. The number of halogens is 1. The van der Waals surface area contributed by atoms with E-state index in [9.17, 15) is 4.79 Å². The molecule has 0 aliphatic carbocycles. The third-order valence-electron chi connectivity index (χ3n) is 5.89. The van der Waals surface area contributed by atoms with Crippen LogP contribution < -0.4 is 10.1 Å². The summed E-state index contributed by atoms with van der Waals surface area (Å²) >= 11 is 0. The highest BCUT2D eigenvalue weighted by atomic mass is 127. The molecule has 2 heterocycles. The third kappa shape index (κ3) is 7.48. The zero-order valence-electron chi connectivity index (χ0n) is 19.4. The van der Waals surface area contributed by atoms with Gasteiger partial charge in [0.2, 0.25) is 0 Å². The van der Waals surface area contributed by atoms with Crippen LogP contribution >= 0.6 is 24.0 Å². The number of carbonyl (C=O) groups excluding carboxylic acids is 1. The van der Waals surface area contributed by atoms with Crippen LogP contribution in [0.15, 0.2) is 29.3 Å². The van der Waals surface area contributed by atoms with E-state index in [2.05, 4.69) is 35.0 Å². The molecule has 8 nitrogen and oxygen atoms in total. The molecule has 0 aromatic heterocycles. The second-order valence-electron chi connectivity index (χ2n) is 8.09. The molecule has 0 saturated carbocycles. The summed E-state index contributed by atoms with van der Waals surface area (Å²) in [6.07, 6.45) is 0. The van der Waals surface area contributed by atoms with E-state index in [1.54, 1.807) is 0 Å². The number of guanidine groups is 1. The van der Waals surface area contributed by atoms with Gasteiger partial charge in [0, 0.05) is 44.8 Å². The zero-order chi connectivity index (χ0) is 22.1. The normalized spacial score (nSPS) is 21.7. The van der Waals surface area contributed by atoms with E-state index in [4.69, 9.17) is 19.2 Å². The van der Waals surface area contributed by atoms with E-state index in [1.165, 1.54) is 7.11 Å². The number of esters is 1. The summed E-state index contributed by atoms with van der Waals surface area (Å²) < 4.78 is 16.5. The second-order valence-corrected chi connectivity index (χ2v) is 8.09. The molecule has 2 unspecified atom stereocenters. The first-order valence-corrected chi connectivity index (χ1v) is 11.2. The molecule has 2 fully saturated rings. The van der Waals surface area contributed by atoms with Crippen molar-refractivity contribution in [2.24, 2.45) is 16.8 Å². The molecule has 180 valence electrons. The summed E-state index contributed by atoms with van der Waals surface area (Å²) in [5.74, 6) is 1.66. The van der Waals surface area contributed by atoms with Gasteiger partial charge in [0.1, 0.15) is 12.4 Å². The molecule has 0 spiro atoms. The topological polar surface area (TPSA) is 75.6 Å². The Hall–Kier alpha value is -1.59. The highest BCUT2D eigenvalue weighted by Crippen LogP contribution is 2.25. The summed E-state index contributed by atoms with van der Waals surface area (Å²) in [5, 5.41) is 3.36. The SMILES string of the molecule is CCNC(=NCc1ccccc1OCCN1CCOCC1)N1CC(C)C(C(=O)OC)C1.I. The molecule has 1 aromatic carbocycles. The third-order valence-corrected chi connectivity index (χ3v) is 5.89. The predicted molar refractivity (Wildman–Crippen MR) is 136 cm³/mol. The Morgan fingerprint density at radius 3 is 2.72 bits per heavy atom. The van der Waals surface area contributed by atoms with E-state index in [-0.39, 0.29) is 41.8 Å². The quantitative estimate of drug-likeness (QED) is 0.226. The Kier molecular flexibility index (Phi) is 11.5. The van der Waals surface area contributed by atoms with Crippen LogP contribution in [0.1, 0.15) is 19.4 Å². The van der Waals surface area contributed by atoms with Gasteiger partial charge in [-0.3, -0.25) is 9.69 Å². The van der Waals surface area contributed by atoms with Crippen LogP contribution in [0.25, 0.3) is 0 Å². The number of nitrogens with one attached hydrogen (secondary N) is 1. The molecule has 9 heteroatoms. The lowest BCUT2D eigenvalue weighted by Gasteiger charge is -2.26. The maximum absolute atomic E-state index is 12.1. The Bertz CT molecular complexity index is 742. The number of hydrogen-bond acceptors (Lipinski definition) is 6. The van der Waals surface area contributed by atoms with Crippen molar-refractivity contribution in [1.82, 2.24) is 15.1 Å². The Balaban J connectivity index is 0.00000363.